The summed E-state index contributed by atoms with van der Waals surface area (Å²) in [7, 11) is 0. The predicted molar refractivity (Wildman–Crippen MR) is 150 cm³/mol. The molecule has 11 heteroatoms. The summed E-state index contributed by atoms with van der Waals surface area (Å²) in [4.78, 5) is 15.9. The van der Waals surface area contributed by atoms with Gasteiger partial charge in [-0.25, -0.2) is 23.9 Å². The second kappa shape index (κ2) is 9.86. The third-order valence-corrected chi connectivity index (χ3v) is 8.20. The summed E-state index contributed by atoms with van der Waals surface area (Å²) in [6.07, 6.45) is 14.8. The molecule has 2 N–H and O–H groups in total. The summed E-state index contributed by atoms with van der Waals surface area (Å²) >= 11 is 0. The number of aliphatic hydroxyl groups excluding tert-OH is 1. The van der Waals surface area contributed by atoms with Crippen LogP contribution >= 0.6 is 0 Å². The van der Waals surface area contributed by atoms with E-state index in [-0.39, 0.29) is 18.0 Å². The third kappa shape index (κ3) is 4.66. The maximum absolute atomic E-state index is 13.3. The molecule has 2 aliphatic rings. The van der Waals surface area contributed by atoms with Crippen molar-refractivity contribution in [3.8, 4) is 11.1 Å². The highest BCUT2D eigenvalue weighted by molar-refractivity contribution is 5.78. The third-order valence-electron chi connectivity index (χ3n) is 8.20. The molecular weight excluding hydrogens is 523 g/mol. The Kier molecular flexibility index (Phi) is 6.13. The minimum atomic E-state index is -1.34. The van der Waals surface area contributed by atoms with E-state index >= 15 is 0 Å². The average Bonchev–Trinajstić information content (AvgIpc) is 3.63. The largest absolute Gasteiger partial charge is 0.393 e. The van der Waals surface area contributed by atoms with E-state index in [9.17, 15) is 14.6 Å². The quantitative estimate of drug-likeness (QED) is 0.327. The van der Waals surface area contributed by atoms with Crippen LogP contribution in [0, 0.1) is 5.82 Å². The Balaban J connectivity index is 1.08. The van der Waals surface area contributed by atoms with Crippen molar-refractivity contribution in [2.45, 2.75) is 43.9 Å². The highest BCUT2D eigenvalue weighted by Crippen LogP contribution is 2.34. The van der Waals surface area contributed by atoms with Gasteiger partial charge >= 0.3 is 0 Å². The van der Waals surface area contributed by atoms with Crippen LogP contribution in [-0.4, -0.2) is 63.8 Å². The summed E-state index contributed by atoms with van der Waals surface area (Å²) in [6.45, 7) is 3.03. The lowest BCUT2D eigenvalue weighted by Gasteiger charge is -2.31. The zero-order valence-corrected chi connectivity index (χ0v) is 22.5. The summed E-state index contributed by atoms with van der Waals surface area (Å²) in [5.41, 5.74) is 3.72. The first-order valence-corrected chi connectivity index (χ1v) is 13.7. The first-order chi connectivity index (χ1) is 19.8. The molecule has 7 rings (SSSR count). The Morgan fingerprint density at radius 1 is 0.951 bits per heavy atom. The summed E-state index contributed by atoms with van der Waals surface area (Å²) in [6, 6.07) is 8.12. The SMILES string of the molecule is C[C@](O)(c1ccc(F)cc1)c1cnc(C2=CCN(c3ncnn4cc(-c5cnn(C6CC(O)C6)c5)cc34)CC2)nc1. The monoisotopic (exact) mass is 552 g/mol. The molecule has 208 valence electrons. The molecule has 0 bridgehead atoms. The van der Waals surface area contributed by atoms with Gasteiger partial charge < -0.3 is 15.1 Å². The van der Waals surface area contributed by atoms with Crippen LogP contribution in [0.15, 0.2) is 73.7 Å². The number of anilines is 1. The first kappa shape index (κ1) is 25.5. The Hall–Kier alpha value is -4.48. The molecule has 0 saturated heterocycles. The maximum Gasteiger partial charge on any atom is 0.156 e. The lowest BCUT2D eigenvalue weighted by atomic mass is 9.90. The molecule has 1 atom stereocenters. The van der Waals surface area contributed by atoms with Crippen LogP contribution < -0.4 is 4.90 Å². The van der Waals surface area contributed by atoms with Crippen molar-refractivity contribution >= 4 is 16.9 Å². The molecule has 0 spiro atoms. The van der Waals surface area contributed by atoms with E-state index in [1.54, 1.807) is 37.8 Å². The van der Waals surface area contributed by atoms with Crippen molar-refractivity contribution in [1.29, 1.82) is 0 Å². The van der Waals surface area contributed by atoms with E-state index in [1.807, 2.05) is 27.8 Å². The van der Waals surface area contributed by atoms with Crippen LogP contribution in [-0.2, 0) is 5.60 Å². The molecule has 0 radical (unpaired) electrons. The van der Waals surface area contributed by atoms with Crippen LogP contribution in [0.3, 0.4) is 0 Å². The number of hydrogen-bond donors (Lipinski definition) is 2. The first-order valence-electron chi connectivity index (χ1n) is 13.7. The van der Waals surface area contributed by atoms with Crippen molar-refractivity contribution < 1.29 is 14.6 Å². The number of benzene rings is 1. The van der Waals surface area contributed by atoms with Gasteiger partial charge in [0.05, 0.1) is 18.3 Å². The molecule has 10 nitrogen and oxygen atoms in total. The molecule has 1 aromatic carbocycles. The molecule has 1 aliphatic carbocycles. The highest BCUT2D eigenvalue weighted by Gasteiger charge is 2.30. The van der Waals surface area contributed by atoms with Crippen molar-refractivity contribution in [2.75, 3.05) is 18.0 Å². The lowest BCUT2D eigenvalue weighted by molar-refractivity contribution is 0.0434. The van der Waals surface area contributed by atoms with Crippen molar-refractivity contribution in [1.82, 2.24) is 34.3 Å². The van der Waals surface area contributed by atoms with Gasteiger partial charge in [-0.2, -0.15) is 10.2 Å². The number of rotatable bonds is 6. The molecule has 0 unspecified atom stereocenters. The summed E-state index contributed by atoms with van der Waals surface area (Å²) in [5.74, 6) is 1.12. The number of nitrogens with zero attached hydrogens (tertiary/aromatic N) is 8. The van der Waals surface area contributed by atoms with Crippen LogP contribution in [0.2, 0.25) is 0 Å². The van der Waals surface area contributed by atoms with E-state index in [1.165, 1.54) is 12.1 Å². The smallest absolute Gasteiger partial charge is 0.156 e. The van der Waals surface area contributed by atoms with Gasteiger partial charge in [-0.1, -0.05) is 18.2 Å². The second-order valence-corrected chi connectivity index (χ2v) is 10.9. The number of halogens is 1. The van der Waals surface area contributed by atoms with Gasteiger partial charge in [0.2, 0.25) is 0 Å². The summed E-state index contributed by atoms with van der Waals surface area (Å²) < 4.78 is 17.1. The molecule has 5 heterocycles. The molecule has 1 fully saturated rings. The van der Waals surface area contributed by atoms with Gasteiger partial charge in [0.1, 0.15) is 23.3 Å². The molecular formula is C30H29FN8O2. The Morgan fingerprint density at radius 2 is 1.73 bits per heavy atom. The summed E-state index contributed by atoms with van der Waals surface area (Å²) in [5, 5.41) is 29.6. The lowest BCUT2D eigenvalue weighted by Crippen LogP contribution is -2.30. The van der Waals surface area contributed by atoms with E-state index in [4.69, 9.17) is 0 Å². The van der Waals surface area contributed by atoms with E-state index in [2.05, 4.69) is 42.2 Å². The molecule has 4 aromatic heterocycles. The molecule has 1 aliphatic heterocycles. The van der Waals surface area contributed by atoms with E-state index in [0.717, 1.165) is 53.8 Å². The number of aliphatic hydroxyl groups is 2. The van der Waals surface area contributed by atoms with Crippen LogP contribution in [0.5, 0.6) is 0 Å². The minimum Gasteiger partial charge on any atom is -0.393 e. The van der Waals surface area contributed by atoms with Crippen molar-refractivity contribution in [3.63, 3.8) is 0 Å². The van der Waals surface area contributed by atoms with Gasteiger partial charge in [0, 0.05) is 54.6 Å². The fourth-order valence-electron chi connectivity index (χ4n) is 5.53. The second-order valence-electron chi connectivity index (χ2n) is 10.9. The zero-order valence-electron chi connectivity index (χ0n) is 22.5. The van der Waals surface area contributed by atoms with Gasteiger partial charge in [0.15, 0.2) is 11.6 Å². The van der Waals surface area contributed by atoms with Gasteiger partial charge in [-0.05, 0) is 55.5 Å². The fourth-order valence-corrected chi connectivity index (χ4v) is 5.53. The number of aromatic nitrogens is 7. The predicted octanol–water partition coefficient (Wildman–Crippen LogP) is 3.77. The zero-order chi connectivity index (χ0) is 28.1. The minimum absolute atomic E-state index is 0.225. The van der Waals surface area contributed by atoms with E-state index in [0.29, 0.717) is 23.5 Å². The Morgan fingerprint density at radius 3 is 2.44 bits per heavy atom. The Labute approximate surface area is 235 Å². The molecule has 1 saturated carbocycles. The standard InChI is InChI=1S/C30H29FN8O2/c1-30(41,22-2-4-24(31)5-3-22)23-14-32-28(33-15-23)19-6-8-37(9-7-19)29-27-10-20(16-39(27)36-18-34-29)21-13-35-38(17-21)25-11-26(40)12-25/h2-6,10,13-18,25-26,40-41H,7-9,11-12H2,1H3/t25?,26?,30-/m0/s1. The highest BCUT2D eigenvalue weighted by atomic mass is 19.1. The van der Waals surface area contributed by atoms with Crippen LogP contribution in [0.4, 0.5) is 10.2 Å². The normalized spacial score (nSPS) is 20.5. The van der Waals surface area contributed by atoms with Gasteiger partial charge in [-0.15, -0.1) is 0 Å². The maximum atomic E-state index is 13.3. The number of fused-ring (bicyclic) bond motifs is 1. The average molecular weight is 553 g/mol. The van der Waals surface area contributed by atoms with Gasteiger partial charge in [0.25, 0.3) is 0 Å². The topological polar surface area (TPSA) is 117 Å². The van der Waals surface area contributed by atoms with E-state index < -0.39 is 5.60 Å². The Bertz CT molecular complexity index is 1740. The number of hydrogen-bond acceptors (Lipinski definition) is 8. The molecule has 0 amide bonds. The molecule has 41 heavy (non-hydrogen) atoms. The molecule has 5 aromatic rings. The van der Waals surface area contributed by atoms with Crippen LogP contribution in [0.25, 0.3) is 22.2 Å². The van der Waals surface area contributed by atoms with Gasteiger partial charge in [-0.3, -0.25) is 4.68 Å². The van der Waals surface area contributed by atoms with Crippen molar-refractivity contribution in [2.24, 2.45) is 0 Å². The van der Waals surface area contributed by atoms with Crippen LogP contribution in [0.1, 0.15) is 49.2 Å². The fraction of sp³-hybridized carbons (Fsp3) is 0.300. The van der Waals surface area contributed by atoms with Crippen molar-refractivity contribution in [3.05, 3.63) is 96.5 Å².